The number of nitrogens with zero attached hydrogens (tertiary/aromatic N) is 1. The van der Waals surface area contributed by atoms with Crippen molar-refractivity contribution >= 4 is 22.6 Å². The third-order valence-corrected chi connectivity index (χ3v) is 4.04. The minimum Gasteiger partial charge on any atom is -0.423 e. The van der Waals surface area contributed by atoms with Crippen molar-refractivity contribution in [2.24, 2.45) is 0 Å². The Hall–Kier alpha value is -2.89. The fraction of sp³-hybridized carbons (Fsp3) is 0.278. The lowest BCUT2D eigenvalue weighted by Gasteiger charge is -2.10. The Morgan fingerprint density at radius 2 is 1.92 bits per heavy atom. The molecule has 3 rings (SSSR count). The van der Waals surface area contributed by atoms with Gasteiger partial charge in [-0.05, 0) is 50.5 Å². The molecule has 0 fully saturated rings. The van der Waals surface area contributed by atoms with E-state index in [-0.39, 0.29) is 11.5 Å². The van der Waals surface area contributed by atoms with Gasteiger partial charge in [-0.25, -0.2) is 4.79 Å². The number of nitrogens with one attached hydrogen (secondary N) is 1. The fourth-order valence-electron chi connectivity index (χ4n) is 2.74. The summed E-state index contributed by atoms with van der Waals surface area (Å²) >= 11 is 0. The van der Waals surface area contributed by atoms with E-state index >= 15 is 0 Å². The van der Waals surface area contributed by atoms with Crippen LogP contribution in [-0.4, -0.2) is 11.1 Å². The predicted molar refractivity (Wildman–Crippen MR) is 90.5 cm³/mol. The first kappa shape index (κ1) is 16.0. The molecule has 24 heavy (non-hydrogen) atoms. The molecule has 0 spiro atoms. The van der Waals surface area contributed by atoms with E-state index in [1.165, 1.54) is 6.07 Å². The van der Waals surface area contributed by atoms with Gasteiger partial charge < -0.3 is 14.3 Å². The van der Waals surface area contributed by atoms with Gasteiger partial charge in [0.05, 0.1) is 5.69 Å². The highest BCUT2D eigenvalue weighted by Crippen LogP contribution is 2.26. The minimum atomic E-state index is -0.385. The largest absolute Gasteiger partial charge is 0.423 e. The van der Waals surface area contributed by atoms with Crippen molar-refractivity contribution in [2.45, 2.75) is 34.1 Å². The number of hydrogen-bond acceptors (Lipinski definition) is 5. The van der Waals surface area contributed by atoms with Crippen molar-refractivity contribution in [2.75, 3.05) is 5.32 Å². The van der Waals surface area contributed by atoms with Crippen molar-refractivity contribution in [1.82, 2.24) is 5.16 Å². The van der Waals surface area contributed by atoms with Crippen LogP contribution in [-0.2, 0) is 6.42 Å². The van der Waals surface area contributed by atoms with Gasteiger partial charge in [-0.2, -0.15) is 0 Å². The third-order valence-electron chi connectivity index (χ3n) is 4.04. The average Bonchev–Trinajstić information content (AvgIpc) is 2.89. The number of amides is 1. The normalized spacial score (nSPS) is 11.0. The maximum absolute atomic E-state index is 12.6. The lowest BCUT2D eigenvalue weighted by molar-refractivity contribution is 0.102. The summed E-state index contributed by atoms with van der Waals surface area (Å²) in [5.74, 6) is 0.230. The molecule has 6 nitrogen and oxygen atoms in total. The first-order valence-electron chi connectivity index (χ1n) is 7.72. The molecular weight excluding hydrogens is 308 g/mol. The van der Waals surface area contributed by atoms with Crippen molar-refractivity contribution in [3.63, 3.8) is 0 Å². The van der Waals surface area contributed by atoms with E-state index in [1.807, 2.05) is 26.8 Å². The summed E-state index contributed by atoms with van der Waals surface area (Å²) in [6.45, 7) is 7.31. The number of aromatic nitrogens is 1. The highest BCUT2D eigenvalue weighted by molar-refractivity contribution is 6.07. The predicted octanol–water partition coefficient (Wildman–Crippen LogP) is 3.52. The van der Waals surface area contributed by atoms with E-state index in [9.17, 15) is 9.59 Å². The van der Waals surface area contributed by atoms with E-state index in [0.29, 0.717) is 34.7 Å². The molecular formula is C18H18N2O4. The van der Waals surface area contributed by atoms with Crippen LogP contribution in [0.4, 0.5) is 5.69 Å². The summed E-state index contributed by atoms with van der Waals surface area (Å²) in [5, 5.41) is 7.60. The maximum atomic E-state index is 12.6. The van der Waals surface area contributed by atoms with E-state index in [2.05, 4.69) is 10.5 Å². The quantitative estimate of drug-likeness (QED) is 0.744. The molecule has 2 aromatic heterocycles. The second-order valence-corrected chi connectivity index (χ2v) is 5.78. The molecule has 0 atom stereocenters. The standard InChI is InChI=1S/C18H18N2O4/c1-5-13-17(11(4)24-20-13)18(22)19-14-8-12-9(2)7-16(21)23-15(12)6-10(14)3/h6-8H,5H2,1-4H3,(H,19,22). The van der Waals surface area contributed by atoms with E-state index in [4.69, 9.17) is 8.94 Å². The summed E-state index contributed by atoms with van der Waals surface area (Å²) < 4.78 is 10.3. The van der Waals surface area contributed by atoms with Crippen molar-refractivity contribution in [1.29, 1.82) is 0 Å². The maximum Gasteiger partial charge on any atom is 0.336 e. The second-order valence-electron chi connectivity index (χ2n) is 5.78. The summed E-state index contributed by atoms with van der Waals surface area (Å²) in [4.78, 5) is 24.1. The smallest absolute Gasteiger partial charge is 0.336 e. The zero-order chi connectivity index (χ0) is 17.4. The molecule has 3 aromatic rings. The van der Waals surface area contributed by atoms with E-state index < -0.39 is 0 Å². The van der Waals surface area contributed by atoms with Crippen molar-refractivity contribution in [3.05, 3.63) is 56.8 Å². The molecule has 1 N–H and O–H groups in total. The number of fused-ring (bicyclic) bond motifs is 1. The van der Waals surface area contributed by atoms with Gasteiger partial charge in [0, 0.05) is 17.1 Å². The molecule has 0 aliphatic rings. The van der Waals surface area contributed by atoms with Crippen molar-refractivity contribution in [3.8, 4) is 0 Å². The van der Waals surface area contributed by atoms with Gasteiger partial charge in [-0.15, -0.1) is 0 Å². The minimum absolute atomic E-state index is 0.261. The number of carbonyl (C=O) groups excluding carboxylic acids is 1. The topological polar surface area (TPSA) is 85.3 Å². The summed E-state index contributed by atoms with van der Waals surface area (Å²) in [7, 11) is 0. The molecule has 0 radical (unpaired) electrons. The Bertz CT molecular complexity index is 998. The average molecular weight is 326 g/mol. The lowest BCUT2D eigenvalue weighted by atomic mass is 10.1. The molecule has 0 saturated heterocycles. The number of carbonyl (C=O) groups is 1. The Balaban J connectivity index is 2.04. The lowest BCUT2D eigenvalue weighted by Crippen LogP contribution is -2.15. The molecule has 6 heteroatoms. The van der Waals surface area contributed by atoms with Crippen LogP contribution in [0.1, 0.15) is 39.9 Å². The van der Waals surface area contributed by atoms with Crippen LogP contribution in [0.2, 0.25) is 0 Å². The van der Waals surface area contributed by atoms with Crippen LogP contribution in [0.3, 0.4) is 0 Å². The van der Waals surface area contributed by atoms with Gasteiger partial charge in [0.15, 0.2) is 0 Å². The van der Waals surface area contributed by atoms with Crippen LogP contribution >= 0.6 is 0 Å². The van der Waals surface area contributed by atoms with Gasteiger partial charge in [0.2, 0.25) is 0 Å². The zero-order valence-corrected chi connectivity index (χ0v) is 14.0. The molecule has 0 aliphatic carbocycles. The van der Waals surface area contributed by atoms with Crippen LogP contribution in [0.15, 0.2) is 31.9 Å². The van der Waals surface area contributed by atoms with E-state index in [1.54, 1.807) is 13.0 Å². The molecule has 1 aromatic carbocycles. The van der Waals surface area contributed by atoms with Crippen LogP contribution < -0.4 is 10.9 Å². The Kier molecular flexibility index (Phi) is 3.97. The second kappa shape index (κ2) is 5.96. The fourth-order valence-corrected chi connectivity index (χ4v) is 2.74. The summed E-state index contributed by atoms with van der Waals surface area (Å²) in [5.41, 5.74) is 3.48. The van der Waals surface area contributed by atoms with E-state index in [0.717, 1.165) is 16.5 Å². The molecule has 1 amide bonds. The highest BCUT2D eigenvalue weighted by Gasteiger charge is 2.20. The SMILES string of the molecule is CCc1noc(C)c1C(=O)Nc1cc2c(C)cc(=O)oc2cc1C. The zero-order valence-electron chi connectivity index (χ0n) is 14.0. The number of anilines is 1. The molecule has 0 unspecified atom stereocenters. The first-order valence-corrected chi connectivity index (χ1v) is 7.72. The van der Waals surface area contributed by atoms with Crippen molar-refractivity contribution < 1.29 is 13.7 Å². The number of aryl methyl sites for hydroxylation is 4. The summed E-state index contributed by atoms with van der Waals surface area (Å²) in [6, 6.07) is 5.00. The highest BCUT2D eigenvalue weighted by atomic mass is 16.5. The van der Waals surface area contributed by atoms with Gasteiger partial charge in [-0.3, -0.25) is 4.79 Å². The van der Waals surface area contributed by atoms with Gasteiger partial charge in [0.25, 0.3) is 5.91 Å². The molecule has 0 aliphatic heterocycles. The van der Waals surface area contributed by atoms with Crippen LogP contribution in [0.25, 0.3) is 11.0 Å². The Labute approximate surface area is 138 Å². The van der Waals surface area contributed by atoms with Crippen LogP contribution in [0.5, 0.6) is 0 Å². The third kappa shape index (κ3) is 2.71. The molecule has 124 valence electrons. The number of hydrogen-bond donors (Lipinski definition) is 1. The number of benzene rings is 1. The molecule has 2 heterocycles. The van der Waals surface area contributed by atoms with Crippen LogP contribution in [0, 0.1) is 20.8 Å². The Morgan fingerprint density at radius 1 is 1.17 bits per heavy atom. The molecule has 0 bridgehead atoms. The van der Waals surface area contributed by atoms with Gasteiger partial charge in [0.1, 0.15) is 16.9 Å². The monoisotopic (exact) mass is 326 g/mol. The Morgan fingerprint density at radius 3 is 2.62 bits per heavy atom. The number of rotatable bonds is 3. The first-order chi connectivity index (χ1) is 11.4. The molecule has 0 saturated carbocycles. The van der Waals surface area contributed by atoms with Gasteiger partial charge in [-0.1, -0.05) is 12.1 Å². The van der Waals surface area contributed by atoms with Gasteiger partial charge >= 0.3 is 5.63 Å². The summed E-state index contributed by atoms with van der Waals surface area (Å²) in [6.07, 6.45) is 0.612.